The van der Waals surface area contributed by atoms with E-state index in [0.29, 0.717) is 18.7 Å². The lowest BCUT2D eigenvalue weighted by atomic mass is 10.1. The summed E-state index contributed by atoms with van der Waals surface area (Å²) in [6.07, 6.45) is 0.239. The van der Waals surface area contributed by atoms with Crippen molar-refractivity contribution in [3.63, 3.8) is 0 Å². The van der Waals surface area contributed by atoms with E-state index in [9.17, 15) is 4.79 Å². The molecule has 0 aliphatic carbocycles. The van der Waals surface area contributed by atoms with E-state index in [1.54, 1.807) is 4.90 Å². The standard InChI is InChI=1S/C26H24N4O2/c1-3-32-23-13-11-21(12-14-23)29(17-7-16-27)26(31)20-10-15-25-24(18-20)28-19(2)30(25)22-8-5-4-6-9-22/h4-6,8-15,18H,3,7,17H2,1-2H3. The Bertz CT molecular complexity index is 1270. The number of aryl methyl sites for hydroxylation is 1. The topological polar surface area (TPSA) is 71.2 Å². The van der Waals surface area contributed by atoms with Crippen molar-refractivity contribution in [2.75, 3.05) is 18.1 Å². The minimum atomic E-state index is -0.168. The Morgan fingerprint density at radius 1 is 1.09 bits per heavy atom. The molecule has 4 rings (SSSR count). The van der Waals surface area contributed by atoms with Gasteiger partial charge in [0.25, 0.3) is 5.91 Å². The second-order valence-corrected chi connectivity index (χ2v) is 7.33. The van der Waals surface area contributed by atoms with Crippen molar-refractivity contribution in [2.45, 2.75) is 20.3 Å². The summed E-state index contributed by atoms with van der Waals surface area (Å²) >= 11 is 0. The number of imidazole rings is 1. The van der Waals surface area contributed by atoms with Gasteiger partial charge in [0.05, 0.1) is 30.1 Å². The van der Waals surface area contributed by atoms with Gasteiger partial charge in [0.15, 0.2) is 0 Å². The zero-order valence-corrected chi connectivity index (χ0v) is 18.2. The molecule has 0 radical (unpaired) electrons. The molecule has 0 bridgehead atoms. The molecule has 0 spiro atoms. The number of anilines is 1. The molecule has 0 fully saturated rings. The molecular weight excluding hydrogens is 400 g/mol. The third kappa shape index (κ3) is 4.19. The fraction of sp³-hybridized carbons (Fsp3) is 0.192. The number of nitrogens with zero attached hydrogens (tertiary/aromatic N) is 4. The van der Waals surface area contributed by atoms with Crippen LogP contribution in [0, 0.1) is 18.3 Å². The van der Waals surface area contributed by atoms with Crippen molar-refractivity contribution in [1.82, 2.24) is 9.55 Å². The molecule has 1 heterocycles. The molecule has 0 saturated carbocycles. The first kappa shape index (κ1) is 21.1. The molecule has 0 atom stereocenters. The van der Waals surface area contributed by atoms with Crippen LogP contribution in [0.1, 0.15) is 29.5 Å². The molecule has 160 valence electrons. The zero-order chi connectivity index (χ0) is 22.5. The van der Waals surface area contributed by atoms with Crippen LogP contribution in [0.4, 0.5) is 5.69 Å². The third-order valence-corrected chi connectivity index (χ3v) is 5.24. The molecule has 0 aliphatic heterocycles. The molecule has 6 nitrogen and oxygen atoms in total. The summed E-state index contributed by atoms with van der Waals surface area (Å²) in [5, 5.41) is 9.09. The van der Waals surface area contributed by atoms with Gasteiger partial charge in [-0.05, 0) is 68.4 Å². The summed E-state index contributed by atoms with van der Waals surface area (Å²) in [5.74, 6) is 1.43. The lowest BCUT2D eigenvalue weighted by molar-refractivity contribution is 0.0987. The van der Waals surface area contributed by atoms with Crippen LogP contribution in [0.5, 0.6) is 5.75 Å². The van der Waals surface area contributed by atoms with Crippen LogP contribution < -0.4 is 9.64 Å². The normalized spacial score (nSPS) is 10.7. The maximum absolute atomic E-state index is 13.4. The van der Waals surface area contributed by atoms with Gasteiger partial charge in [0.1, 0.15) is 11.6 Å². The summed E-state index contributed by atoms with van der Waals surface area (Å²) in [5.41, 5.74) is 3.97. The maximum Gasteiger partial charge on any atom is 0.258 e. The molecule has 1 aromatic heterocycles. The van der Waals surface area contributed by atoms with E-state index in [-0.39, 0.29) is 12.3 Å². The van der Waals surface area contributed by atoms with Gasteiger partial charge in [-0.15, -0.1) is 0 Å². The summed E-state index contributed by atoms with van der Waals surface area (Å²) in [7, 11) is 0. The second-order valence-electron chi connectivity index (χ2n) is 7.33. The fourth-order valence-corrected chi connectivity index (χ4v) is 3.79. The predicted octanol–water partition coefficient (Wildman–Crippen LogP) is 5.29. The van der Waals surface area contributed by atoms with Crippen molar-refractivity contribution in [1.29, 1.82) is 5.26 Å². The minimum absolute atomic E-state index is 0.168. The van der Waals surface area contributed by atoms with E-state index in [4.69, 9.17) is 10.00 Å². The number of rotatable bonds is 7. The Labute approximate surface area is 187 Å². The Morgan fingerprint density at radius 2 is 1.84 bits per heavy atom. The van der Waals surface area contributed by atoms with Crippen LogP contribution in [-0.4, -0.2) is 28.6 Å². The fourth-order valence-electron chi connectivity index (χ4n) is 3.79. The van der Waals surface area contributed by atoms with Crippen molar-refractivity contribution >= 4 is 22.6 Å². The molecule has 0 N–H and O–H groups in total. The number of carbonyl (C=O) groups is 1. The van der Waals surface area contributed by atoms with Crippen LogP contribution in [0.3, 0.4) is 0 Å². The first-order chi connectivity index (χ1) is 15.6. The monoisotopic (exact) mass is 424 g/mol. The number of carbonyl (C=O) groups excluding carboxylic acids is 1. The average molecular weight is 425 g/mol. The second kappa shape index (κ2) is 9.36. The molecule has 3 aromatic carbocycles. The van der Waals surface area contributed by atoms with Crippen LogP contribution in [0.15, 0.2) is 72.8 Å². The smallest absolute Gasteiger partial charge is 0.258 e. The van der Waals surface area contributed by atoms with Gasteiger partial charge in [0.2, 0.25) is 0 Å². The van der Waals surface area contributed by atoms with E-state index in [1.807, 2.05) is 86.6 Å². The number of fused-ring (bicyclic) bond motifs is 1. The Balaban J connectivity index is 1.69. The first-order valence-corrected chi connectivity index (χ1v) is 10.6. The number of aromatic nitrogens is 2. The van der Waals surface area contributed by atoms with Crippen molar-refractivity contribution in [3.8, 4) is 17.5 Å². The highest BCUT2D eigenvalue weighted by Gasteiger charge is 2.19. The van der Waals surface area contributed by atoms with Crippen LogP contribution in [0.2, 0.25) is 0 Å². The van der Waals surface area contributed by atoms with Crippen LogP contribution in [-0.2, 0) is 0 Å². The van der Waals surface area contributed by atoms with E-state index in [1.165, 1.54) is 0 Å². The summed E-state index contributed by atoms with van der Waals surface area (Å²) in [4.78, 5) is 19.7. The van der Waals surface area contributed by atoms with Gasteiger partial charge in [-0.25, -0.2) is 4.98 Å². The van der Waals surface area contributed by atoms with Gasteiger partial charge < -0.3 is 9.64 Å². The van der Waals surface area contributed by atoms with Gasteiger partial charge >= 0.3 is 0 Å². The van der Waals surface area contributed by atoms with Gasteiger partial charge in [-0.3, -0.25) is 9.36 Å². The molecule has 6 heteroatoms. The Hall–Kier alpha value is -4.11. The minimum Gasteiger partial charge on any atom is -0.494 e. The number of hydrogen-bond acceptors (Lipinski definition) is 4. The third-order valence-electron chi connectivity index (χ3n) is 5.24. The van der Waals surface area contributed by atoms with Gasteiger partial charge in [0, 0.05) is 23.5 Å². The largest absolute Gasteiger partial charge is 0.494 e. The SMILES string of the molecule is CCOc1ccc(N(CCC#N)C(=O)c2ccc3c(c2)nc(C)n3-c2ccccc2)cc1. The number of nitriles is 1. The van der Waals surface area contributed by atoms with E-state index < -0.39 is 0 Å². The zero-order valence-electron chi connectivity index (χ0n) is 18.2. The number of hydrogen-bond donors (Lipinski definition) is 0. The molecular formula is C26H24N4O2. The molecule has 0 unspecified atom stereocenters. The number of benzene rings is 3. The molecule has 0 saturated heterocycles. The van der Waals surface area contributed by atoms with Crippen molar-refractivity contribution in [2.24, 2.45) is 0 Å². The quantitative estimate of drug-likeness (QED) is 0.404. The molecule has 4 aromatic rings. The summed E-state index contributed by atoms with van der Waals surface area (Å²) < 4.78 is 7.57. The van der Waals surface area contributed by atoms with E-state index in [2.05, 4.69) is 15.6 Å². The molecule has 0 aliphatic rings. The van der Waals surface area contributed by atoms with Crippen LogP contribution >= 0.6 is 0 Å². The van der Waals surface area contributed by atoms with E-state index in [0.717, 1.165) is 34.0 Å². The maximum atomic E-state index is 13.4. The summed E-state index contributed by atoms with van der Waals surface area (Å²) in [6.45, 7) is 4.76. The van der Waals surface area contributed by atoms with Gasteiger partial charge in [-0.1, -0.05) is 18.2 Å². The Morgan fingerprint density at radius 3 is 2.53 bits per heavy atom. The first-order valence-electron chi connectivity index (χ1n) is 10.6. The molecule has 1 amide bonds. The number of ether oxygens (including phenoxy) is 1. The molecule has 32 heavy (non-hydrogen) atoms. The predicted molar refractivity (Wildman–Crippen MR) is 125 cm³/mol. The lowest BCUT2D eigenvalue weighted by Crippen LogP contribution is -2.31. The highest BCUT2D eigenvalue weighted by molar-refractivity contribution is 6.07. The van der Waals surface area contributed by atoms with E-state index >= 15 is 0 Å². The van der Waals surface area contributed by atoms with Crippen molar-refractivity contribution < 1.29 is 9.53 Å². The summed E-state index contributed by atoms with van der Waals surface area (Å²) in [6, 6.07) is 25.1. The Kier molecular flexibility index (Phi) is 6.18. The van der Waals surface area contributed by atoms with Crippen LogP contribution in [0.25, 0.3) is 16.7 Å². The number of amides is 1. The lowest BCUT2D eigenvalue weighted by Gasteiger charge is -2.22. The average Bonchev–Trinajstić information content (AvgIpc) is 3.15. The highest BCUT2D eigenvalue weighted by atomic mass is 16.5. The van der Waals surface area contributed by atoms with Gasteiger partial charge in [-0.2, -0.15) is 5.26 Å². The van der Waals surface area contributed by atoms with Crippen molar-refractivity contribution in [3.05, 3.63) is 84.2 Å². The highest BCUT2D eigenvalue weighted by Crippen LogP contribution is 2.25. The number of para-hydroxylation sites is 1.